The molecule has 0 radical (unpaired) electrons. The highest BCUT2D eigenvalue weighted by Gasteiger charge is 2.13. The fourth-order valence-corrected chi connectivity index (χ4v) is 3.17. The normalized spacial score (nSPS) is 10.6. The maximum Gasteiger partial charge on any atom is 0.274 e. The average Bonchev–Trinajstić information content (AvgIpc) is 2.43. The molecule has 2 rings (SSSR count). The zero-order chi connectivity index (χ0) is 15.4. The SMILES string of the molecule is Cc1cc(C)cc(CSc2ccc([N+](=O)[O-])c(CO)c2)c1. The van der Waals surface area contributed by atoms with E-state index in [1.807, 2.05) is 0 Å². The summed E-state index contributed by atoms with van der Waals surface area (Å²) in [5.74, 6) is 0.797. The number of rotatable bonds is 5. The van der Waals surface area contributed by atoms with Gasteiger partial charge in [-0.15, -0.1) is 11.8 Å². The first-order valence-corrected chi connectivity index (χ1v) is 7.56. The number of hydrogen-bond donors (Lipinski definition) is 1. The lowest BCUT2D eigenvalue weighted by atomic mass is 10.1. The van der Waals surface area contributed by atoms with Gasteiger partial charge in [0.1, 0.15) is 0 Å². The van der Waals surface area contributed by atoms with Crippen molar-refractivity contribution in [2.24, 2.45) is 0 Å². The number of nitro benzene ring substituents is 1. The molecule has 0 saturated carbocycles. The van der Waals surface area contributed by atoms with E-state index in [0.717, 1.165) is 10.6 Å². The van der Waals surface area contributed by atoms with Gasteiger partial charge in [0.25, 0.3) is 5.69 Å². The average molecular weight is 303 g/mol. The minimum absolute atomic E-state index is 0.0340. The fourth-order valence-electron chi connectivity index (χ4n) is 2.28. The second-order valence-corrected chi connectivity index (χ2v) is 6.04. The Hall–Kier alpha value is -1.85. The first-order chi connectivity index (χ1) is 9.99. The molecule has 0 aliphatic heterocycles. The maximum atomic E-state index is 10.8. The largest absolute Gasteiger partial charge is 0.391 e. The van der Waals surface area contributed by atoms with Crippen molar-refractivity contribution < 1.29 is 10.0 Å². The van der Waals surface area contributed by atoms with Gasteiger partial charge in [-0.1, -0.05) is 29.3 Å². The second kappa shape index (κ2) is 6.74. The number of aliphatic hydroxyl groups is 1. The van der Waals surface area contributed by atoms with Crippen LogP contribution in [0.2, 0.25) is 0 Å². The molecule has 0 unspecified atom stereocenters. The molecule has 0 aromatic heterocycles. The van der Waals surface area contributed by atoms with E-state index < -0.39 is 4.92 Å². The van der Waals surface area contributed by atoms with E-state index in [1.165, 1.54) is 22.8 Å². The summed E-state index contributed by atoms with van der Waals surface area (Å²) in [4.78, 5) is 11.3. The molecule has 1 N–H and O–H groups in total. The lowest BCUT2D eigenvalue weighted by Gasteiger charge is -2.07. The van der Waals surface area contributed by atoms with Gasteiger partial charge < -0.3 is 5.11 Å². The Kier molecular flexibility index (Phi) is 4.98. The van der Waals surface area contributed by atoms with Crippen LogP contribution in [0.3, 0.4) is 0 Å². The summed E-state index contributed by atoms with van der Waals surface area (Å²) < 4.78 is 0. The van der Waals surface area contributed by atoms with Gasteiger partial charge >= 0.3 is 0 Å². The van der Waals surface area contributed by atoms with Crippen molar-refractivity contribution >= 4 is 17.4 Å². The fraction of sp³-hybridized carbons (Fsp3) is 0.250. The Bertz CT molecular complexity index is 650. The Morgan fingerprint density at radius 3 is 2.38 bits per heavy atom. The third kappa shape index (κ3) is 4.06. The van der Waals surface area contributed by atoms with E-state index in [-0.39, 0.29) is 12.3 Å². The number of hydrogen-bond acceptors (Lipinski definition) is 4. The number of aliphatic hydroxyl groups excluding tert-OH is 1. The van der Waals surface area contributed by atoms with Gasteiger partial charge in [0.2, 0.25) is 0 Å². The van der Waals surface area contributed by atoms with Crippen LogP contribution in [0.4, 0.5) is 5.69 Å². The van der Waals surface area contributed by atoms with Gasteiger partial charge in [-0.3, -0.25) is 10.1 Å². The van der Waals surface area contributed by atoms with Crippen LogP contribution < -0.4 is 0 Å². The molecular formula is C16H17NO3S. The van der Waals surface area contributed by atoms with Gasteiger partial charge in [-0.05, 0) is 31.5 Å². The van der Waals surface area contributed by atoms with Gasteiger partial charge in [0, 0.05) is 16.7 Å². The predicted molar refractivity (Wildman–Crippen MR) is 84.5 cm³/mol. The monoisotopic (exact) mass is 303 g/mol. The number of nitro groups is 1. The van der Waals surface area contributed by atoms with Crippen LogP contribution >= 0.6 is 11.8 Å². The lowest BCUT2D eigenvalue weighted by Crippen LogP contribution is -1.95. The lowest BCUT2D eigenvalue weighted by molar-refractivity contribution is -0.385. The summed E-state index contributed by atoms with van der Waals surface area (Å²) in [6.07, 6.45) is 0. The highest BCUT2D eigenvalue weighted by atomic mass is 32.2. The van der Waals surface area contributed by atoms with Crippen molar-refractivity contribution in [3.8, 4) is 0 Å². The minimum Gasteiger partial charge on any atom is -0.391 e. The van der Waals surface area contributed by atoms with Crippen molar-refractivity contribution in [1.29, 1.82) is 0 Å². The summed E-state index contributed by atoms with van der Waals surface area (Å²) in [6, 6.07) is 11.3. The Morgan fingerprint density at radius 2 is 1.81 bits per heavy atom. The highest BCUT2D eigenvalue weighted by Crippen LogP contribution is 2.28. The zero-order valence-corrected chi connectivity index (χ0v) is 12.8. The quantitative estimate of drug-likeness (QED) is 0.515. The van der Waals surface area contributed by atoms with E-state index >= 15 is 0 Å². The van der Waals surface area contributed by atoms with E-state index in [9.17, 15) is 15.2 Å². The van der Waals surface area contributed by atoms with Gasteiger partial charge in [0.15, 0.2) is 0 Å². The molecule has 0 aliphatic rings. The molecule has 0 fully saturated rings. The van der Waals surface area contributed by atoms with Crippen LogP contribution in [-0.4, -0.2) is 10.0 Å². The highest BCUT2D eigenvalue weighted by molar-refractivity contribution is 7.98. The molecule has 2 aromatic rings. The molecule has 2 aromatic carbocycles. The van der Waals surface area contributed by atoms with Crippen LogP contribution in [0.1, 0.15) is 22.3 Å². The molecule has 0 bridgehead atoms. The van der Waals surface area contributed by atoms with E-state index in [2.05, 4.69) is 32.0 Å². The molecule has 21 heavy (non-hydrogen) atoms. The third-order valence-electron chi connectivity index (χ3n) is 3.10. The molecule has 5 heteroatoms. The van der Waals surface area contributed by atoms with Crippen molar-refractivity contribution in [2.45, 2.75) is 31.1 Å². The van der Waals surface area contributed by atoms with Gasteiger partial charge in [0.05, 0.1) is 17.1 Å². The number of aryl methyl sites for hydroxylation is 2. The molecule has 0 amide bonds. The van der Waals surface area contributed by atoms with Crippen LogP contribution in [-0.2, 0) is 12.4 Å². The Labute approximate surface area is 128 Å². The molecule has 0 heterocycles. The standard InChI is InChI=1S/C16H17NO3S/c1-11-5-12(2)7-13(6-11)10-21-15-3-4-16(17(19)20)14(8-15)9-18/h3-8,18H,9-10H2,1-2H3. The summed E-state index contributed by atoms with van der Waals surface area (Å²) in [7, 11) is 0. The van der Waals surface area contributed by atoms with E-state index in [0.29, 0.717) is 5.56 Å². The van der Waals surface area contributed by atoms with Crippen LogP contribution in [0.5, 0.6) is 0 Å². The molecule has 0 saturated heterocycles. The summed E-state index contributed by atoms with van der Waals surface area (Å²) in [5.41, 5.74) is 4.00. The number of nitrogens with zero attached hydrogens (tertiary/aromatic N) is 1. The second-order valence-electron chi connectivity index (χ2n) is 4.99. The molecule has 0 atom stereocenters. The maximum absolute atomic E-state index is 10.8. The Balaban J connectivity index is 2.14. The molecule has 4 nitrogen and oxygen atoms in total. The third-order valence-corrected chi connectivity index (χ3v) is 4.17. The van der Waals surface area contributed by atoms with Crippen molar-refractivity contribution in [1.82, 2.24) is 0 Å². The summed E-state index contributed by atoms with van der Waals surface area (Å²) in [6.45, 7) is 3.81. The van der Waals surface area contributed by atoms with Gasteiger partial charge in [-0.25, -0.2) is 0 Å². The molecular weight excluding hydrogens is 286 g/mol. The van der Waals surface area contributed by atoms with Crippen molar-refractivity contribution in [2.75, 3.05) is 0 Å². The zero-order valence-electron chi connectivity index (χ0n) is 12.0. The number of thioether (sulfide) groups is 1. The first-order valence-electron chi connectivity index (χ1n) is 6.57. The summed E-state index contributed by atoms with van der Waals surface area (Å²) >= 11 is 1.61. The molecule has 0 spiro atoms. The number of benzene rings is 2. The summed E-state index contributed by atoms with van der Waals surface area (Å²) in [5, 5.41) is 20.1. The van der Waals surface area contributed by atoms with Crippen LogP contribution in [0.25, 0.3) is 0 Å². The van der Waals surface area contributed by atoms with E-state index in [4.69, 9.17) is 0 Å². The van der Waals surface area contributed by atoms with Crippen LogP contribution in [0, 0.1) is 24.0 Å². The predicted octanol–water partition coefficient (Wildman–Crippen LogP) is 4.00. The van der Waals surface area contributed by atoms with Gasteiger partial charge in [-0.2, -0.15) is 0 Å². The minimum atomic E-state index is -0.468. The molecule has 110 valence electrons. The topological polar surface area (TPSA) is 63.4 Å². The van der Waals surface area contributed by atoms with Crippen LogP contribution in [0.15, 0.2) is 41.3 Å². The van der Waals surface area contributed by atoms with Crippen molar-refractivity contribution in [3.63, 3.8) is 0 Å². The molecule has 0 aliphatic carbocycles. The van der Waals surface area contributed by atoms with Crippen molar-refractivity contribution in [3.05, 3.63) is 68.8 Å². The Morgan fingerprint density at radius 1 is 1.14 bits per heavy atom. The van der Waals surface area contributed by atoms with E-state index in [1.54, 1.807) is 23.9 Å². The smallest absolute Gasteiger partial charge is 0.274 e. The first kappa shape index (κ1) is 15.5.